The topological polar surface area (TPSA) is 47.3 Å². The summed E-state index contributed by atoms with van der Waals surface area (Å²) < 4.78 is 4.96. The summed E-state index contributed by atoms with van der Waals surface area (Å²) in [5.74, 6) is 0. The second kappa shape index (κ2) is 7.09. The van der Waals surface area contributed by atoms with E-state index >= 15 is 0 Å². The molecule has 16 heavy (non-hydrogen) atoms. The molecule has 0 radical (unpaired) electrons. The van der Waals surface area contributed by atoms with Gasteiger partial charge in [-0.2, -0.15) is 0 Å². The van der Waals surface area contributed by atoms with Gasteiger partial charge in [-0.25, -0.2) is 0 Å². The first-order valence-corrected chi connectivity index (χ1v) is 5.82. The van der Waals surface area contributed by atoms with Gasteiger partial charge in [-0.1, -0.05) is 29.3 Å². The number of ether oxygens (including phenoxy) is 1. The maximum atomic E-state index is 6.10. The highest BCUT2D eigenvalue weighted by molar-refractivity contribution is 6.36. The molecule has 0 aliphatic carbocycles. The summed E-state index contributed by atoms with van der Waals surface area (Å²) >= 11 is 12.2. The molecule has 0 fully saturated rings. The van der Waals surface area contributed by atoms with E-state index in [-0.39, 0.29) is 6.04 Å². The Morgan fingerprint density at radius 2 is 2.00 bits per heavy atom. The Kier molecular flexibility index (Phi) is 6.09. The van der Waals surface area contributed by atoms with Crippen molar-refractivity contribution in [2.75, 3.05) is 26.8 Å². The van der Waals surface area contributed by atoms with Crippen LogP contribution >= 0.6 is 23.2 Å². The smallest absolute Gasteiger partial charge is 0.0587 e. The van der Waals surface area contributed by atoms with Crippen molar-refractivity contribution >= 4 is 23.2 Å². The number of nitrogens with one attached hydrogen (secondary N) is 1. The number of hydrogen-bond acceptors (Lipinski definition) is 3. The van der Waals surface area contributed by atoms with Gasteiger partial charge in [0.05, 0.1) is 6.61 Å². The number of halogens is 2. The highest BCUT2D eigenvalue weighted by atomic mass is 35.5. The van der Waals surface area contributed by atoms with Crippen LogP contribution in [0.5, 0.6) is 0 Å². The van der Waals surface area contributed by atoms with Crippen LogP contribution in [0.4, 0.5) is 0 Å². The fraction of sp³-hybridized carbons (Fsp3) is 0.455. The fourth-order valence-electron chi connectivity index (χ4n) is 1.48. The standard InChI is InChI=1S/C11H16Cl2N2O/c1-16-6-5-15-10(7-14)11-8(12)3-2-4-9(11)13/h2-4,10,15H,5-7,14H2,1H3. The molecule has 0 aliphatic rings. The molecule has 1 unspecified atom stereocenters. The van der Waals surface area contributed by atoms with Gasteiger partial charge in [0.15, 0.2) is 0 Å². The average Bonchev–Trinajstić information content (AvgIpc) is 2.26. The van der Waals surface area contributed by atoms with Crippen LogP contribution in [-0.2, 0) is 4.74 Å². The summed E-state index contributed by atoms with van der Waals surface area (Å²) in [6.07, 6.45) is 0. The first-order valence-electron chi connectivity index (χ1n) is 5.07. The molecule has 0 aliphatic heterocycles. The molecule has 0 heterocycles. The molecule has 90 valence electrons. The lowest BCUT2D eigenvalue weighted by atomic mass is 10.1. The Bertz CT molecular complexity index is 314. The molecule has 1 atom stereocenters. The minimum Gasteiger partial charge on any atom is -0.383 e. The first kappa shape index (κ1) is 13.7. The normalized spacial score (nSPS) is 12.8. The van der Waals surface area contributed by atoms with E-state index in [2.05, 4.69) is 5.32 Å². The molecule has 0 aromatic heterocycles. The quantitative estimate of drug-likeness (QED) is 0.774. The van der Waals surface area contributed by atoms with E-state index in [1.165, 1.54) is 0 Å². The Labute approximate surface area is 106 Å². The zero-order valence-electron chi connectivity index (χ0n) is 9.17. The summed E-state index contributed by atoms with van der Waals surface area (Å²) in [6.45, 7) is 1.77. The predicted molar refractivity (Wildman–Crippen MR) is 68.1 cm³/mol. The molecule has 3 N–H and O–H groups in total. The van der Waals surface area contributed by atoms with Crippen LogP contribution in [0.3, 0.4) is 0 Å². The summed E-state index contributed by atoms with van der Waals surface area (Å²) in [7, 11) is 1.65. The number of nitrogens with two attached hydrogens (primary N) is 1. The summed E-state index contributed by atoms with van der Waals surface area (Å²) in [5.41, 5.74) is 6.56. The van der Waals surface area contributed by atoms with Crippen LogP contribution in [0.2, 0.25) is 10.0 Å². The molecule has 0 saturated heterocycles. The lowest BCUT2D eigenvalue weighted by Gasteiger charge is -2.19. The maximum absolute atomic E-state index is 6.10. The van der Waals surface area contributed by atoms with Gasteiger partial charge in [-0.15, -0.1) is 0 Å². The van der Waals surface area contributed by atoms with Crippen LogP contribution < -0.4 is 11.1 Å². The Hall–Kier alpha value is -0.320. The molecule has 1 rings (SSSR count). The van der Waals surface area contributed by atoms with Crippen molar-refractivity contribution in [3.05, 3.63) is 33.8 Å². The van der Waals surface area contributed by atoms with Crippen molar-refractivity contribution in [2.45, 2.75) is 6.04 Å². The second-order valence-corrected chi connectivity index (χ2v) is 4.18. The van der Waals surface area contributed by atoms with Crippen LogP contribution in [0.1, 0.15) is 11.6 Å². The van der Waals surface area contributed by atoms with E-state index in [1.807, 2.05) is 18.2 Å². The molecule has 0 spiro atoms. The van der Waals surface area contributed by atoms with E-state index < -0.39 is 0 Å². The predicted octanol–water partition coefficient (Wildman–Crippen LogP) is 2.23. The summed E-state index contributed by atoms with van der Waals surface area (Å²) in [5, 5.41) is 4.51. The minimum absolute atomic E-state index is 0.0450. The SMILES string of the molecule is COCCNC(CN)c1c(Cl)cccc1Cl. The fourth-order valence-corrected chi connectivity index (χ4v) is 2.14. The molecular formula is C11H16Cl2N2O. The van der Waals surface area contributed by atoms with E-state index in [0.717, 1.165) is 5.56 Å². The van der Waals surface area contributed by atoms with Crippen molar-refractivity contribution in [1.29, 1.82) is 0 Å². The first-order chi connectivity index (χ1) is 7.70. The van der Waals surface area contributed by atoms with Gasteiger partial charge in [0.25, 0.3) is 0 Å². The number of methoxy groups -OCH3 is 1. The minimum atomic E-state index is -0.0450. The van der Waals surface area contributed by atoms with Crippen molar-refractivity contribution in [3.63, 3.8) is 0 Å². The lowest BCUT2D eigenvalue weighted by molar-refractivity contribution is 0.196. The monoisotopic (exact) mass is 262 g/mol. The number of hydrogen-bond donors (Lipinski definition) is 2. The number of benzene rings is 1. The van der Waals surface area contributed by atoms with Crippen LogP contribution in [0, 0.1) is 0 Å². The Morgan fingerprint density at radius 3 is 2.50 bits per heavy atom. The molecule has 5 heteroatoms. The van der Waals surface area contributed by atoms with Crippen molar-refractivity contribution < 1.29 is 4.74 Å². The van der Waals surface area contributed by atoms with Gasteiger partial charge in [0.2, 0.25) is 0 Å². The molecule has 1 aromatic carbocycles. The highest BCUT2D eigenvalue weighted by Crippen LogP contribution is 2.29. The summed E-state index contributed by atoms with van der Waals surface area (Å²) in [6, 6.07) is 5.39. The molecule has 3 nitrogen and oxygen atoms in total. The number of rotatable bonds is 6. The van der Waals surface area contributed by atoms with E-state index in [9.17, 15) is 0 Å². The molecular weight excluding hydrogens is 247 g/mol. The van der Waals surface area contributed by atoms with Gasteiger partial charge in [-0.05, 0) is 12.1 Å². The van der Waals surface area contributed by atoms with E-state index in [1.54, 1.807) is 7.11 Å². The van der Waals surface area contributed by atoms with Crippen molar-refractivity contribution in [2.24, 2.45) is 5.73 Å². The van der Waals surface area contributed by atoms with Crippen LogP contribution in [0.15, 0.2) is 18.2 Å². The van der Waals surface area contributed by atoms with Gasteiger partial charge < -0.3 is 15.8 Å². The largest absolute Gasteiger partial charge is 0.383 e. The third-order valence-electron chi connectivity index (χ3n) is 2.28. The van der Waals surface area contributed by atoms with E-state index in [4.69, 9.17) is 33.7 Å². The third-order valence-corrected chi connectivity index (χ3v) is 2.94. The zero-order valence-corrected chi connectivity index (χ0v) is 10.7. The molecule has 0 bridgehead atoms. The third kappa shape index (κ3) is 3.61. The van der Waals surface area contributed by atoms with Gasteiger partial charge in [0.1, 0.15) is 0 Å². The highest BCUT2D eigenvalue weighted by Gasteiger charge is 2.15. The molecule has 1 aromatic rings. The Morgan fingerprint density at radius 1 is 1.38 bits per heavy atom. The summed E-state index contributed by atoms with van der Waals surface area (Å²) in [4.78, 5) is 0. The maximum Gasteiger partial charge on any atom is 0.0587 e. The zero-order chi connectivity index (χ0) is 12.0. The lowest BCUT2D eigenvalue weighted by Crippen LogP contribution is -2.31. The van der Waals surface area contributed by atoms with Crippen molar-refractivity contribution in [3.8, 4) is 0 Å². The Balaban J connectivity index is 2.78. The van der Waals surface area contributed by atoms with Crippen LogP contribution in [-0.4, -0.2) is 26.8 Å². The second-order valence-electron chi connectivity index (χ2n) is 3.37. The van der Waals surface area contributed by atoms with E-state index in [0.29, 0.717) is 29.7 Å². The molecule has 0 amide bonds. The van der Waals surface area contributed by atoms with Gasteiger partial charge in [-0.3, -0.25) is 0 Å². The average molecular weight is 263 g/mol. The molecule has 0 saturated carbocycles. The van der Waals surface area contributed by atoms with Gasteiger partial charge in [0, 0.05) is 41.8 Å². The van der Waals surface area contributed by atoms with Crippen molar-refractivity contribution in [1.82, 2.24) is 5.32 Å². The van der Waals surface area contributed by atoms with Gasteiger partial charge >= 0.3 is 0 Å². The van der Waals surface area contributed by atoms with Crippen LogP contribution in [0.25, 0.3) is 0 Å².